The number of carbonyl (C=O) groups excluding carboxylic acids is 1. The van der Waals surface area contributed by atoms with Gasteiger partial charge in [0.15, 0.2) is 0 Å². The molecule has 124 valence electrons. The minimum absolute atomic E-state index is 0.0739. The highest BCUT2D eigenvalue weighted by atomic mass is 16.6. The Hall–Kier alpha value is -1.56. The highest BCUT2D eigenvalue weighted by molar-refractivity contribution is 5.71. The molecule has 1 N–H and O–H groups in total. The number of cyclic esters (lactones) is 1. The fourth-order valence-electron chi connectivity index (χ4n) is 2.54. The van der Waals surface area contributed by atoms with Crippen LogP contribution < -0.4 is 5.32 Å². The molecule has 0 radical (unpaired) electrons. The number of rotatable bonds is 5. The molecule has 0 aliphatic carbocycles. The van der Waals surface area contributed by atoms with E-state index in [0.29, 0.717) is 6.54 Å². The van der Waals surface area contributed by atoms with E-state index in [1.807, 2.05) is 40.8 Å². The lowest BCUT2D eigenvalue weighted by atomic mass is 9.95. The molecular formula is C16H27N3O3. The number of hydrogen-bond acceptors (Lipinski definition) is 5. The van der Waals surface area contributed by atoms with Crippen LogP contribution in [-0.2, 0) is 16.7 Å². The lowest BCUT2D eigenvalue weighted by molar-refractivity contribution is 0.0837. The van der Waals surface area contributed by atoms with E-state index in [9.17, 15) is 4.79 Å². The highest BCUT2D eigenvalue weighted by Gasteiger charge is 2.46. The highest BCUT2D eigenvalue weighted by Crippen LogP contribution is 2.35. The van der Waals surface area contributed by atoms with E-state index < -0.39 is 11.1 Å². The van der Waals surface area contributed by atoms with Gasteiger partial charge in [0.25, 0.3) is 0 Å². The van der Waals surface area contributed by atoms with E-state index in [-0.39, 0.29) is 11.6 Å². The largest absolute Gasteiger partial charge is 0.441 e. The van der Waals surface area contributed by atoms with Crippen molar-refractivity contribution < 1.29 is 14.1 Å². The van der Waals surface area contributed by atoms with Gasteiger partial charge in [-0.3, -0.25) is 4.90 Å². The molecule has 2 heterocycles. The second kappa shape index (κ2) is 5.26. The molecule has 0 spiro atoms. The summed E-state index contributed by atoms with van der Waals surface area (Å²) in [5.74, 6) is 0.800. The summed E-state index contributed by atoms with van der Waals surface area (Å²) in [4.78, 5) is 13.8. The van der Waals surface area contributed by atoms with Gasteiger partial charge in [0.1, 0.15) is 17.1 Å². The Balaban J connectivity index is 2.20. The van der Waals surface area contributed by atoms with Crippen LogP contribution in [0.25, 0.3) is 0 Å². The number of carbonyl (C=O) groups is 1. The average Bonchev–Trinajstić information content (AvgIpc) is 2.93. The predicted octanol–water partition coefficient (Wildman–Crippen LogP) is 2.68. The summed E-state index contributed by atoms with van der Waals surface area (Å²) in [5.41, 5.74) is -0.384. The lowest BCUT2D eigenvalue weighted by Crippen LogP contribution is -2.43. The first-order chi connectivity index (χ1) is 9.97. The third-order valence-corrected chi connectivity index (χ3v) is 4.28. The van der Waals surface area contributed by atoms with Crippen LogP contribution in [0.15, 0.2) is 10.6 Å². The van der Waals surface area contributed by atoms with Crippen LogP contribution in [-0.4, -0.2) is 40.9 Å². The summed E-state index contributed by atoms with van der Waals surface area (Å²) in [7, 11) is 1.92. The predicted molar refractivity (Wildman–Crippen MR) is 83.6 cm³/mol. The van der Waals surface area contributed by atoms with Crippen molar-refractivity contribution in [2.75, 3.05) is 13.6 Å². The lowest BCUT2D eigenvalue weighted by Gasteiger charge is -2.31. The second-order valence-corrected chi connectivity index (χ2v) is 7.76. The molecule has 0 bridgehead atoms. The molecule has 6 nitrogen and oxygen atoms in total. The Kier molecular flexibility index (Phi) is 4.02. The number of hydrogen-bond donors (Lipinski definition) is 1. The average molecular weight is 309 g/mol. The molecule has 0 saturated carbocycles. The fourth-order valence-corrected chi connectivity index (χ4v) is 2.54. The molecule has 0 unspecified atom stereocenters. The van der Waals surface area contributed by atoms with Gasteiger partial charge >= 0.3 is 6.09 Å². The van der Waals surface area contributed by atoms with Gasteiger partial charge in [-0.1, -0.05) is 5.16 Å². The number of amides is 1. The van der Waals surface area contributed by atoms with Crippen molar-refractivity contribution in [2.45, 2.75) is 64.6 Å². The Morgan fingerprint density at radius 1 is 1.36 bits per heavy atom. The Morgan fingerprint density at radius 3 is 2.50 bits per heavy atom. The third kappa shape index (κ3) is 3.27. The normalized spacial score (nSPS) is 18.7. The maximum Gasteiger partial charge on any atom is 0.411 e. The zero-order chi connectivity index (χ0) is 16.8. The minimum Gasteiger partial charge on any atom is -0.441 e. The number of nitrogens with zero attached hydrogens (tertiary/aromatic N) is 2. The van der Waals surface area contributed by atoms with Crippen LogP contribution in [0.3, 0.4) is 0 Å². The van der Waals surface area contributed by atoms with Gasteiger partial charge in [-0.25, -0.2) is 4.79 Å². The van der Waals surface area contributed by atoms with Crippen molar-refractivity contribution in [3.05, 3.63) is 17.5 Å². The molecule has 6 heteroatoms. The van der Waals surface area contributed by atoms with Crippen molar-refractivity contribution in [1.29, 1.82) is 0 Å². The van der Waals surface area contributed by atoms with Gasteiger partial charge in [0.05, 0.1) is 12.1 Å². The van der Waals surface area contributed by atoms with Crippen LogP contribution >= 0.6 is 0 Å². The summed E-state index contributed by atoms with van der Waals surface area (Å²) in [6.45, 7) is 12.5. The van der Waals surface area contributed by atoms with E-state index in [2.05, 4.69) is 24.3 Å². The second-order valence-electron chi connectivity index (χ2n) is 7.76. The van der Waals surface area contributed by atoms with Gasteiger partial charge < -0.3 is 14.6 Å². The van der Waals surface area contributed by atoms with Crippen molar-refractivity contribution in [2.24, 2.45) is 0 Å². The summed E-state index contributed by atoms with van der Waals surface area (Å²) < 4.78 is 10.9. The third-order valence-electron chi connectivity index (χ3n) is 4.28. The molecule has 0 aromatic carbocycles. The SMILES string of the molecule is CNC(C)(C)Cc1cc(C(C)(C)N2CC(C)(C)OC2=O)no1. The number of nitrogens with one attached hydrogen (secondary N) is 1. The minimum atomic E-state index is -0.573. The number of ether oxygens (including phenoxy) is 1. The van der Waals surface area contributed by atoms with Crippen molar-refractivity contribution in [3.63, 3.8) is 0 Å². The monoisotopic (exact) mass is 309 g/mol. The molecule has 22 heavy (non-hydrogen) atoms. The molecule has 0 atom stereocenters. The number of aromatic nitrogens is 1. The summed E-state index contributed by atoms with van der Waals surface area (Å²) in [6.07, 6.45) is 0.415. The van der Waals surface area contributed by atoms with Crippen LogP contribution in [0, 0.1) is 0 Å². The zero-order valence-corrected chi connectivity index (χ0v) is 14.6. The van der Waals surface area contributed by atoms with E-state index in [1.54, 1.807) is 4.90 Å². The molecule has 1 aliphatic rings. The van der Waals surface area contributed by atoms with E-state index in [0.717, 1.165) is 17.9 Å². The first kappa shape index (κ1) is 16.8. The van der Waals surface area contributed by atoms with E-state index >= 15 is 0 Å². The van der Waals surface area contributed by atoms with Crippen molar-refractivity contribution in [1.82, 2.24) is 15.4 Å². The zero-order valence-electron chi connectivity index (χ0n) is 14.6. The maximum atomic E-state index is 12.1. The fraction of sp³-hybridized carbons (Fsp3) is 0.750. The standard InChI is InChI=1S/C16H27N3O3/c1-14(2,17-7)9-11-8-12(18-22-11)16(5,6)19-10-15(3,4)21-13(19)20/h8,17H,9-10H2,1-7H3. The van der Waals surface area contributed by atoms with E-state index in [4.69, 9.17) is 9.26 Å². The smallest absolute Gasteiger partial charge is 0.411 e. The van der Waals surface area contributed by atoms with Gasteiger partial charge in [0.2, 0.25) is 0 Å². The van der Waals surface area contributed by atoms with Crippen LogP contribution in [0.4, 0.5) is 4.79 Å². The molecule has 1 fully saturated rings. The molecule has 1 amide bonds. The topological polar surface area (TPSA) is 67.6 Å². The van der Waals surface area contributed by atoms with Crippen molar-refractivity contribution >= 4 is 6.09 Å². The Bertz CT molecular complexity index is 561. The molecule has 1 aromatic heterocycles. The van der Waals surface area contributed by atoms with Crippen LogP contribution in [0.2, 0.25) is 0 Å². The van der Waals surface area contributed by atoms with Crippen LogP contribution in [0.5, 0.6) is 0 Å². The molecule has 2 rings (SSSR count). The molecular weight excluding hydrogens is 282 g/mol. The quantitative estimate of drug-likeness (QED) is 0.905. The van der Waals surface area contributed by atoms with Gasteiger partial charge in [-0.05, 0) is 48.6 Å². The van der Waals surface area contributed by atoms with Gasteiger partial charge in [-0.15, -0.1) is 0 Å². The molecule has 1 aliphatic heterocycles. The summed E-state index contributed by atoms with van der Waals surface area (Å²) >= 11 is 0. The van der Waals surface area contributed by atoms with E-state index in [1.165, 1.54) is 0 Å². The van der Waals surface area contributed by atoms with Crippen molar-refractivity contribution in [3.8, 4) is 0 Å². The summed E-state index contributed by atoms with van der Waals surface area (Å²) in [5, 5.41) is 7.42. The Morgan fingerprint density at radius 2 is 2.00 bits per heavy atom. The van der Waals surface area contributed by atoms with Crippen LogP contribution in [0.1, 0.15) is 53.0 Å². The maximum absolute atomic E-state index is 12.1. The molecule has 1 saturated heterocycles. The first-order valence-electron chi connectivity index (χ1n) is 7.62. The number of likely N-dealkylation sites (N-methyl/N-ethyl adjacent to an activating group) is 1. The van der Waals surface area contributed by atoms with Gasteiger partial charge in [0, 0.05) is 18.0 Å². The Labute approximate surface area is 132 Å². The van der Waals surface area contributed by atoms with Gasteiger partial charge in [-0.2, -0.15) is 0 Å². The first-order valence-corrected chi connectivity index (χ1v) is 7.62. The summed E-state index contributed by atoms with van der Waals surface area (Å²) in [6, 6.07) is 1.93. The molecule has 1 aromatic rings.